The Kier molecular flexibility index (Phi) is 5.59. The zero-order chi connectivity index (χ0) is 15.2. The van der Waals surface area contributed by atoms with Gasteiger partial charge in [0.2, 0.25) is 5.88 Å². The molecule has 2 rings (SSSR count). The summed E-state index contributed by atoms with van der Waals surface area (Å²) < 4.78 is 6.10. The van der Waals surface area contributed by atoms with E-state index in [4.69, 9.17) is 4.74 Å². The largest absolute Gasteiger partial charge is 0.474 e. The van der Waals surface area contributed by atoms with Crippen molar-refractivity contribution >= 4 is 12.0 Å². The Hall–Kier alpha value is -1.58. The summed E-state index contributed by atoms with van der Waals surface area (Å²) in [5, 5.41) is 0. The quantitative estimate of drug-likeness (QED) is 0.607. The molecule has 1 aromatic heterocycles. The van der Waals surface area contributed by atoms with Crippen LogP contribution >= 0.6 is 0 Å². The molecule has 116 valence electrons. The predicted octanol–water partition coefficient (Wildman–Crippen LogP) is 4.02. The van der Waals surface area contributed by atoms with Crippen molar-refractivity contribution in [3.63, 3.8) is 0 Å². The SMILES string of the molecule is CCN(C)C=Nc1cc(C)c(OC2CCCCC2)nc1C. The fraction of sp³-hybridized carbons (Fsp3) is 0.647. The first-order chi connectivity index (χ1) is 10.1. The zero-order valence-electron chi connectivity index (χ0n) is 13.7. The van der Waals surface area contributed by atoms with Gasteiger partial charge in [-0.1, -0.05) is 6.42 Å². The van der Waals surface area contributed by atoms with E-state index >= 15 is 0 Å². The third-order valence-electron chi connectivity index (χ3n) is 4.05. The van der Waals surface area contributed by atoms with Crippen LogP contribution in [0.2, 0.25) is 0 Å². The molecule has 0 amide bonds. The third-order valence-corrected chi connectivity index (χ3v) is 4.05. The first-order valence-corrected chi connectivity index (χ1v) is 7.99. The summed E-state index contributed by atoms with van der Waals surface area (Å²) in [6.45, 7) is 7.08. The Morgan fingerprint density at radius 3 is 2.71 bits per heavy atom. The average Bonchev–Trinajstić information content (AvgIpc) is 2.50. The summed E-state index contributed by atoms with van der Waals surface area (Å²) in [6, 6.07) is 2.07. The number of ether oxygens (including phenoxy) is 1. The lowest BCUT2D eigenvalue weighted by Gasteiger charge is -2.23. The van der Waals surface area contributed by atoms with Gasteiger partial charge in [0.25, 0.3) is 0 Å². The lowest BCUT2D eigenvalue weighted by Crippen LogP contribution is -2.20. The molecule has 0 unspecified atom stereocenters. The van der Waals surface area contributed by atoms with Crippen LogP contribution in [-0.2, 0) is 0 Å². The molecule has 1 heterocycles. The van der Waals surface area contributed by atoms with Crippen LogP contribution in [-0.4, -0.2) is 35.9 Å². The van der Waals surface area contributed by atoms with Crippen molar-refractivity contribution in [2.24, 2.45) is 4.99 Å². The zero-order valence-corrected chi connectivity index (χ0v) is 13.7. The van der Waals surface area contributed by atoms with E-state index in [1.165, 1.54) is 19.3 Å². The van der Waals surface area contributed by atoms with Crippen molar-refractivity contribution in [3.8, 4) is 5.88 Å². The van der Waals surface area contributed by atoms with Gasteiger partial charge in [-0.25, -0.2) is 9.98 Å². The number of aromatic nitrogens is 1. The minimum absolute atomic E-state index is 0.338. The molecule has 0 N–H and O–H groups in total. The van der Waals surface area contributed by atoms with Crippen molar-refractivity contribution in [1.29, 1.82) is 0 Å². The topological polar surface area (TPSA) is 37.7 Å². The summed E-state index contributed by atoms with van der Waals surface area (Å²) in [7, 11) is 2.01. The molecule has 0 spiro atoms. The molecule has 4 nitrogen and oxygen atoms in total. The van der Waals surface area contributed by atoms with Crippen LogP contribution < -0.4 is 4.74 Å². The average molecular weight is 289 g/mol. The van der Waals surface area contributed by atoms with E-state index in [0.29, 0.717) is 6.10 Å². The summed E-state index contributed by atoms with van der Waals surface area (Å²) >= 11 is 0. The van der Waals surface area contributed by atoms with Gasteiger partial charge in [0, 0.05) is 19.2 Å². The van der Waals surface area contributed by atoms with Crippen molar-refractivity contribution < 1.29 is 4.74 Å². The van der Waals surface area contributed by atoms with E-state index in [-0.39, 0.29) is 0 Å². The highest BCUT2D eigenvalue weighted by Crippen LogP contribution is 2.28. The number of hydrogen-bond acceptors (Lipinski definition) is 3. The number of aliphatic imine (C=N–C) groups is 1. The Balaban J connectivity index is 2.10. The highest BCUT2D eigenvalue weighted by Gasteiger charge is 2.17. The fourth-order valence-electron chi connectivity index (χ4n) is 2.50. The lowest BCUT2D eigenvalue weighted by molar-refractivity contribution is 0.147. The van der Waals surface area contributed by atoms with Gasteiger partial charge >= 0.3 is 0 Å². The van der Waals surface area contributed by atoms with Gasteiger partial charge in [-0.2, -0.15) is 0 Å². The molecule has 0 aliphatic heterocycles. The van der Waals surface area contributed by atoms with Gasteiger partial charge in [-0.05, 0) is 52.5 Å². The highest BCUT2D eigenvalue weighted by atomic mass is 16.5. The van der Waals surface area contributed by atoms with E-state index in [0.717, 1.165) is 42.2 Å². The van der Waals surface area contributed by atoms with Crippen LogP contribution in [0.4, 0.5) is 5.69 Å². The number of hydrogen-bond donors (Lipinski definition) is 0. The first-order valence-electron chi connectivity index (χ1n) is 7.99. The van der Waals surface area contributed by atoms with Gasteiger partial charge < -0.3 is 9.64 Å². The van der Waals surface area contributed by atoms with Crippen molar-refractivity contribution in [2.45, 2.75) is 59.0 Å². The van der Waals surface area contributed by atoms with Crippen molar-refractivity contribution in [1.82, 2.24) is 9.88 Å². The highest BCUT2D eigenvalue weighted by molar-refractivity contribution is 5.62. The van der Waals surface area contributed by atoms with Crippen LogP contribution in [0.1, 0.15) is 50.3 Å². The molecule has 0 radical (unpaired) electrons. The summed E-state index contributed by atoms with van der Waals surface area (Å²) in [6.07, 6.45) is 8.38. The molecular weight excluding hydrogens is 262 g/mol. The van der Waals surface area contributed by atoms with Gasteiger partial charge in [0.15, 0.2) is 0 Å². The van der Waals surface area contributed by atoms with Gasteiger partial charge in [-0.3, -0.25) is 0 Å². The standard InChI is InChI=1S/C17H27N3O/c1-5-20(4)12-18-16-11-13(2)17(19-14(16)3)21-15-9-7-6-8-10-15/h11-12,15H,5-10H2,1-4H3. The summed E-state index contributed by atoms with van der Waals surface area (Å²) in [5.74, 6) is 0.780. The van der Waals surface area contributed by atoms with Crippen LogP contribution in [0, 0.1) is 13.8 Å². The van der Waals surface area contributed by atoms with Crippen molar-refractivity contribution in [3.05, 3.63) is 17.3 Å². The maximum absolute atomic E-state index is 6.10. The fourth-order valence-corrected chi connectivity index (χ4v) is 2.50. The van der Waals surface area contributed by atoms with Crippen LogP contribution in [0.5, 0.6) is 5.88 Å². The molecule has 0 bridgehead atoms. The van der Waals surface area contributed by atoms with Crippen molar-refractivity contribution in [2.75, 3.05) is 13.6 Å². The molecule has 1 saturated carbocycles. The maximum atomic E-state index is 6.10. The monoisotopic (exact) mass is 289 g/mol. The Labute approximate surface area is 128 Å². The smallest absolute Gasteiger partial charge is 0.216 e. The molecule has 21 heavy (non-hydrogen) atoms. The number of nitrogens with zero attached hydrogens (tertiary/aromatic N) is 3. The molecule has 1 aromatic rings. The Morgan fingerprint density at radius 2 is 2.05 bits per heavy atom. The van der Waals surface area contributed by atoms with Crippen LogP contribution in [0.3, 0.4) is 0 Å². The third kappa shape index (κ3) is 4.45. The van der Waals surface area contributed by atoms with Crippen LogP contribution in [0.25, 0.3) is 0 Å². The van der Waals surface area contributed by atoms with Gasteiger partial charge in [0.05, 0.1) is 17.7 Å². The molecule has 1 aliphatic rings. The second-order valence-electron chi connectivity index (χ2n) is 5.91. The van der Waals surface area contributed by atoms with E-state index in [2.05, 4.69) is 23.0 Å². The number of rotatable bonds is 5. The van der Waals surface area contributed by atoms with Gasteiger partial charge in [0.1, 0.15) is 6.10 Å². The maximum Gasteiger partial charge on any atom is 0.216 e. The predicted molar refractivity (Wildman–Crippen MR) is 87.7 cm³/mol. The second-order valence-corrected chi connectivity index (χ2v) is 5.91. The molecular formula is C17H27N3O. The molecule has 0 atom stereocenters. The molecule has 1 aliphatic carbocycles. The Bertz CT molecular complexity index is 493. The Morgan fingerprint density at radius 1 is 1.33 bits per heavy atom. The van der Waals surface area contributed by atoms with E-state index < -0.39 is 0 Å². The second kappa shape index (κ2) is 7.43. The molecule has 4 heteroatoms. The molecule has 0 saturated heterocycles. The minimum Gasteiger partial charge on any atom is -0.474 e. The van der Waals surface area contributed by atoms with E-state index in [9.17, 15) is 0 Å². The van der Waals surface area contributed by atoms with E-state index in [1.807, 2.05) is 32.1 Å². The molecule has 0 aromatic carbocycles. The number of pyridine rings is 1. The molecule has 1 fully saturated rings. The summed E-state index contributed by atoms with van der Waals surface area (Å²) in [5.41, 5.74) is 2.91. The van der Waals surface area contributed by atoms with Crippen LogP contribution in [0.15, 0.2) is 11.1 Å². The minimum atomic E-state index is 0.338. The lowest BCUT2D eigenvalue weighted by atomic mass is 9.98. The number of aryl methyl sites for hydroxylation is 2. The van der Waals surface area contributed by atoms with Gasteiger partial charge in [-0.15, -0.1) is 0 Å². The summed E-state index contributed by atoms with van der Waals surface area (Å²) in [4.78, 5) is 11.2. The first kappa shape index (κ1) is 15.8. The normalized spacial score (nSPS) is 16.4. The van der Waals surface area contributed by atoms with E-state index in [1.54, 1.807) is 0 Å².